The van der Waals surface area contributed by atoms with E-state index in [1.807, 2.05) is 12.1 Å². The first-order valence-corrected chi connectivity index (χ1v) is 7.52. The van der Waals surface area contributed by atoms with E-state index in [1.165, 1.54) is 6.07 Å². The molecule has 4 heteroatoms. The van der Waals surface area contributed by atoms with Crippen molar-refractivity contribution in [1.29, 1.82) is 0 Å². The van der Waals surface area contributed by atoms with Crippen molar-refractivity contribution in [3.05, 3.63) is 35.6 Å². The zero-order valence-corrected chi connectivity index (χ0v) is 12.3. The van der Waals surface area contributed by atoms with Gasteiger partial charge < -0.3 is 10.1 Å². The summed E-state index contributed by atoms with van der Waals surface area (Å²) >= 11 is 0. The van der Waals surface area contributed by atoms with Crippen LogP contribution in [0.25, 0.3) is 0 Å². The maximum absolute atomic E-state index is 13.5. The Morgan fingerprint density at radius 3 is 2.80 bits per heavy atom. The minimum atomic E-state index is -0.102. The lowest BCUT2D eigenvalue weighted by atomic mass is 10.1. The first-order chi connectivity index (χ1) is 9.75. The molecule has 0 radical (unpaired) electrons. The summed E-state index contributed by atoms with van der Waals surface area (Å²) in [7, 11) is 0. The molecule has 1 aliphatic rings. The molecule has 0 aliphatic carbocycles. The second-order valence-electron chi connectivity index (χ2n) is 5.46. The number of halogens is 1. The summed E-state index contributed by atoms with van der Waals surface area (Å²) in [6.45, 7) is 8.01. The third kappa shape index (κ3) is 5.19. The second-order valence-corrected chi connectivity index (χ2v) is 5.46. The zero-order chi connectivity index (χ0) is 14.2. The van der Waals surface area contributed by atoms with Gasteiger partial charge in [-0.1, -0.05) is 18.2 Å². The summed E-state index contributed by atoms with van der Waals surface area (Å²) in [6, 6.07) is 7.32. The molecule has 112 valence electrons. The molecule has 0 bridgehead atoms. The molecular weight excluding hydrogens is 255 g/mol. The molecule has 0 saturated carbocycles. The maximum atomic E-state index is 13.5. The quantitative estimate of drug-likeness (QED) is 0.774. The molecule has 0 amide bonds. The van der Waals surface area contributed by atoms with Crippen LogP contribution >= 0.6 is 0 Å². The van der Waals surface area contributed by atoms with Crippen LogP contribution in [0.1, 0.15) is 18.9 Å². The van der Waals surface area contributed by atoms with Crippen molar-refractivity contribution in [1.82, 2.24) is 10.2 Å². The third-order valence-electron chi connectivity index (χ3n) is 3.73. The molecule has 1 aliphatic heterocycles. The van der Waals surface area contributed by atoms with Crippen molar-refractivity contribution in [3.63, 3.8) is 0 Å². The summed E-state index contributed by atoms with van der Waals surface area (Å²) in [4.78, 5) is 2.44. The lowest BCUT2D eigenvalue weighted by Gasteiger charge is -2.26. The molecule has 1 fully saturated rings. The van der Waals surface area contributed by atoms with Gasteiger partial charge in [0.25, 0.3) is 0 Å². The molecule has 2 rings (SSSR count). The Morgan fingerprint density at radius 1 is 1.30 bits per heavy atom. The van der Waals surface area contributed by atoms with Gasteiger partial charge in [0.1, 0.15) is 5.82 Å². The molecule has 1 heterocycles. The molecule has 3 nitrogen and oxygen atoms in total. The van der Waals surface area contributed by atoms with Crippen LogP contribution in [-0.4, -0.2) is 50.3 Å². The van der Waals surface area contributed by atoms with Crippen LogP contribution in [0.5, 0.6) is 0 Å². The summed E-state index contributed by atoms with van der Waals surface area (Å²) in [5.41, 5.74) is 0.792. The lowest BCUT2D eigenvalue weighted by Crippen LogP contribution is -2.38. The van der Waals surface area contributed by atoms with Gasteiger partial charge in [-0.25, -0.2) is 4.39 Å². The number of morpholine rings is 1. The number of hydrogen-bond donors (Lipinski definition) is 1. The molecule has 0 aromatic heterocycles. The van der Waals surface area contributed by atoms with Crippen LogP contribution < -0.4 is 5.32 Å². The Balaban J connectivity index is 1.60. The highest BCUT2D eigenvalue weighted by Gasteiger charge is 2.10. The zero-order valence-electron chi connectivity index (χ0n) is 12.3. The molecule has 1 atom stereocenters. The van der Waals surface area contributed by atoms with Crippen molar-refractivity contribution in [2.24, 2.45) is 0 Å². The average molecular weight is 280 g/mol. The van der Waals surface area contributed by atoms with Crippen LogP contribution in [0.15, 0.2) is 24.3 Å². The number of rotatable bonds is 7. The topological polar surface area (TPSA) is 24.5 Å². The third-order valence-corrected chi connectivity index (χ3v) is 3.73. The number of nitrogens with zero attached hydrogens (tertiary/aromatic N) is 1. The van der Waals surface area contributed by atoms with Gasteiger partial charge in [0.05, 0.1) is 13.2 Å². The fourth-order valence-corrected chi connectivity index (χ4v) is 2.54. The normalized spacial score (nSPS) is 18.1. The highest BCUT2D eigenvalue weighted by atomic mass is 19.1. The summed E-state index contributed by atoms with van der Waals surface area (Å²) in [5.74, 6) is -0.102. The monoisotopic (exact) mass is 280 g/mol. The van der Waals surface area contributed by atoms with Gasteiger partial charge in [-0.15, -0.1) is 0 Å². The van der Waals surface area contributed by atoms with Crippen LogP contribution in [0.4, 0.5) is 4.39 Å². The van der Waals surface area contributed by atoms with Crippen LogP contribution in [0.2, 0.25) is 0 Å². The van der Waals surface area contributed by atoms with Crippen molar-refractivity contribution in [2.45, 2.75) is 25.8 Å². The molecule has 1 unspecified atom stereocenters. The molecule has 1 aromatic carbocycles. The number of ether oxygens (including phenoxy) is 1. The molecule has 0 spiro atoms. The maximum Gasteiger partial charge on any atom is 0.126 e. The van der Waals surface area contributed by atoms with E-state index in [4.69, 9.17) is 4.74 Å². The Morgan fingerprint density at radius 2 is 2.05 bits per heavy atom. The Labute approximate surface area is 121 Å². The van der Waals surface area contributed by atoms with Gasteiger partial charge in [-0.05, 0) is 44.5 Å². The fourth-order valence-electron chi connectivity index (χ4n) is 2.54. The van der Waals surface area contributed by atoms with Crippen LogP contribution in [-0.2, 0) is 11.2 Å². The van der Waals surface area contributed by atoms with E-state index in [0.717, 1.165) is 57.8 Å². The summed E-state index contributed by atoms with van der Waals surface area (Å²) in [5, 5.41) is 3.47. The SMILES string of the molecule is CC(Cc1ccccc1F)NCCCN1CCOCC1. The largest absolute Gasteiger partial charge is 0.379 e. The number of hydrogen-bond acceptors (Lipinski definition) is 3. The van der Waals surface area contributed by atoms with E-state index in [2.05, 4.69) is 17.1 Å². The minimum Gasteiger partial charge on any atom is -0.379 e. The Kier molecular flexibility index (Phi) is 6.43. The number of nitrogens with one attached hydrogen (secondary N) is 1. The Bertz CT molecular complexity index is 394. The van der Waals surface area contributed by atoms with Crippen LogP contribution in [0, 0.1) is 5.82 Å². The van der Waals surface area contributed by atoms with E-state index in [0.29, 0.717) is 6.04 Å². The van der Waals surface area contributed by atoms with Gasteiger partial charge in [-0.2, -0.15) is 0 Å². The summed E-state index contributed by atoms with van der Waals surface area (Å²) < 4.78 is 18.9. The number of benzene rings is 1. The van der Waals surface area contributed by atoms with E-state index in [1.54, 1.807) is 6.07 Å². The van der Waals surface area contributed by atoms with Gasteiger partial charge in [0, 0.05) is 19.1 Å². The first kappa shape index (κ1) is 15.4. The van der Waals surface area contributed by atoms with Crippen molar-refractivity contribution in [2.75, 3.05) is 39.4 Å². The van der Waals surface area contributed by atoms with E-state index < -0.39 is 0 Å². The van der Waals surface area contributed by atoms with Gasteiger partial charge in [-0.3, -0.25) is 4.90 Å². The molecular formula is C16H25FN2O. The highest BCUT2D eigenvalue weighted by Crippen LogP contribution is 2.09. The highest BCUT2D eigenvalue weighted by molar-refractivity contribution is 5.18. The smallest absolute Gasteiger partial charge is 0.126 e. The minimum absolute atomic E-state index is 0.102. The molecule has 1 aromatic rings. The van der Waals surface area contributed by atoms with Crippen LogP contribution in [0.3, 0.4) is 0 Å². The fraction of sp³-hybridized carbons (Fsp3) is 0.625. The second kappa shape index (κ2) is 8.35. The van der Waals surface area contributed by atoms with E-state index in [-0.39, 0.29) is 5.82 Å². The lowest BCUT2D eigenvalue weighted by molar-refractivity contribution is 0.0374. The van der Waals surface area contributed by atoms with Gasteiger partial charge in [0.15, 0.2) is 0 Å². The van der Waals surface area contributed by atoms with Gasteiger partial charge >= 0.3 is 0 Å². The Hall–Kier alpha value is -0.970. The van der Waals surface area contributed by atoms with Gasteiger partial charge in [0.2, 0.25) is 0 Å². The van der Waals surface area contributed by atoms with Crippen molar-refractivity contribution in [3.8, 4) is 0 Å². The predicted molar refractivity (Wildman–Crippen MR) is 79.4 cm³/mol. The van der Waals surface area contributed by atoms with Crippen molar-refractivity contribution < 1.29 is 9.13 Å². The standard InChI is InChI=1S/C16H25FN2O/c1-14(13-15-5-2-3-6-16(15)17)18-7-4-8-19-9-11-20-12-10-19/h2-3,5-6,14,18H,4,7-13H2,1H3. The molecule has 20 heavy (non-hydrogen) atoms. The van der Waals surface area contributed by atoms with Crippen molar-refractivity contribution >= 4 is 0 Å². The van der Waals surface area contributed by atoms with E-state index in [9.17, 15) is 4.39 Å². The van der Waals surface area contributed by atoms with E-state index >= 15 is 0 Å². The summed E-state index contributed by atoms with van der Waals surface area (Å²) in [6.07, 6.45) is 1.87. The molecule has 1 N–H and O–H groups in total. The predicted octanol–water partition coefficient (Wildman–Crippen LogP) is 2.07. The average Bonchev–Trinajstić information content (AvgIpc) is 2.47. The molecule has 1 saturated heterocycles. The first-order valence-electron chi connectivity index (χ1n) is 7.52.